The first kappa shape index (κ1) is 16.3. The molecule has 0 saturated carbocycles. The normalized spacial score (nSPS) is 18.1. The van der Waals surface area contributed by atoms with Crippen molar-refractivity contribution < 1.29 is 4.39 Å². The van der Waals surface area contributed by atoms with Crippen LogP contribution in [0.5, 0.6) is 0 Å². The van der Waals surface area contributed by atoms with Crippen LogP contribution in [0.15, 0.2) is 35.9 Å². The number of hydrogen-bond donors (Lipinski definition) is 0. The molecule has 0 spiro atoms. The molecule has 1 heteroatoms. The molecule has 0 N–H and O–H groups in total. The molecule has 0 amide bonds. The quantitative estimate of drug-likeness (QED) is 0.494. The lowest BCUT2D eigenvalue weighted by Gasteiger charge is -2.28. The van der Waals surface area contributed by atoms with Crippen LogP contribution >= 0.6 is 0 Å². The molecule has 0 saturated heterocycles. The van der Waals surface area contributed by atoms with E-state index in [4.69, 9.17) is 0 Å². The van der Waals surface area contributed by atoms with Crippen LogP contribution < -0.4 is 0 Å². The van der Waals surface area contributed by atoms with Crippen LogP contribution in [0.1, 0.15) is 76.7 Å². The molecule has 0 aromatic heterocycles. The molecule has 0 nitrogen and oxygen atoms in total. The molecular formula is C20H29F. The maximum absolute atomic E-state index is 13.2. The fraction of sp³-hybridized carbons (Fsp3) is 0.600. The van der Waals surface area contributed by atoms with Crippen molar-refractivity contribution in [2.75, 3.05) is 0 Å². The van der Waals surface area contributed by atoms with Gasteiger partial charge in [0.25, 0.3) is 0 Å². The number of halogens is 1. The highest BCUT2D eigenvalue weighted by Gasteiger charge is 2.23. The Hall–Kier alpha value is -1.11. The van der Waals surface area contributed by atoms with E-state index in [9.17, 15) is 4.39 Å². The van der Waals surface area contributed by atoms with Gasteiger partial charge in [0.2, 0.25) is 0 Å². The summed E-state index contributed by atoms with van der Waals surface area (Å²) in [6.07, 6.45) is 12.5. The monoisotopic (exact) mass is 288 g/mol. The first-order valence-corrected chi connectivity index (χ1v) is 8.68. The smallest absolute Gasteiger partial charge is 0.123 e. The van der Waals surface area contributed by atoms with E-state index in [-0.39, 0.29) is 5.82 Å². The van der Waals surface area contributed by atoms with E-state index in [2.05, 4.69) is 19.9 Å². The summed E-state index contributed by atoms with van der Waals surface area (Å²) in [6, 6.07) is 7.25. The molecule has 1 aliphatic carbocycles. The van der Waals surface area contributed by atoms with E-state index in [1.165, 1.54) is 56.9 Å². The second kappa shape index (κ2) is 8.36. The van der Waals surface area contributed by atoms with Gasteiger partial charge < -0.3 is 0 Å². The van der Waals surface area contributed by atoms with Gasteiger partial charge in [-0.1, -0.05) is 56.9 Å². The minimum absolute atomic E-state index is 0.127. The first-order valence-electron chi connectivity index (χ1n) is 8.68. The van der Waals surface area contributed by atoms with Crippen molar-refractivity contribution in [2.45, 2.75) is 71.1 Å². The number of hydrogen-bond acceptors (Lipinski definition) is 0. The average molecular weight is 288 g/mol. The van der Waals surface area contributed by atoms with E-state index < -0.39 is 0 Å². The minimum atomic E-state index is -0.127. The maximum atomic E-state index is 13.2. The van der Waals surface area contributed by atoms with Crippen molar-refractivity contribution in [2.24, 2.45) is 5.92 Å². The molecule has 0 bridgehead atoms. The molecular weight excluding hydrogens is 259 g/mol. The van der Waals surface area contributed by atoms with Gasteiger partial charge in [-0.2, -0.15) is 0 Å². The summed E-state index contributed by atoms with van der Waals surface area (Å²) in [4.78, 5) is 0. The third-order valence-corrected chi connectivity index (χ3v) is 4.92. The topological polar surface area (TPSA) is 0 Å². The van der Waals surface area contributed by atoms with Crippen LogP contribution in [0.3, 0.4) is 0 Å². The molecule has 2 atom stereocenters. The van der Waals surface area contributed by atoms with Gasteiger partial charge in [0, 0.05) is 0 Å². The predicted octanol–water partition coefficient (Wildman–Crippen LogP) is 6.63. The highest BCUT2D eigenvalue weighted by Crippen LogP contribution is 2.38. The zero-order chi connectivity index (χ0) is 15.1. The highest BCUT2D eigenvalue weighted by molar-refractivity contribution is 5.24. The lowest BCUT2D eigenvalue weighted by atomic mass is 9.76. The summed E-state index contributed by atoms with van der Waals surface area (Å²) in [6.45, 7) is 4.57. The third-order valence-electron chi connectivity index (χ3n) is 4.92. The summed E-state index contributed by atoms with van der Waals surface area (Å²) in [5.74, 6) is 1.14. The number of allylic oxidation sites excluding steroid dienone is 2. The van der Waals surface area contributed by atoms with Crippen molar-refractivity contribution in [3.63, 3.8) is 0 Å². The molecule has 1 aromatic rings. The summed E-state index contributed by atoms with van der Waals surface area (Å²) >= 11 is 0. The van der Waals surface area contributed by atoms with Gasteiger partial charge in [-0.05, 0) is 61.6 Å². The Bertz CT molecular complexity index is 443. The Kier molecular flexibility index (Phi) is 6.48. The lowest BCUT2D eigenvalue weighted by Crippen LogP contribution is -2.14. The fourth-order valence-electron chi connectivity index (χ4n) is 3.70. The van der Waals surface area contributed by atoms with Crippen molar-refractivity contribution in [3.05, 3.63) is 47.3 Å². The molecule has 0 aliphatic heterocycles. The SMILES string of the molecule is CCCC(CC)C(CC1=CCCCC1)c1ccc(F)cc1. The molecule has 1 aliphatic rings. The van der Waals surface area contributed by atoms with E-state index in [0.29, 0.717) is 11.8 Å². The maximum Gasteiger partial charge on any atom is 0.123 e. The Morgan fingerprint density at radius 2 is 1.86 bits per heavy atom. The van der Waals surface area contributed by atoms with E-state index in [1.54, 1.807) is 17.7 Å². The Morgan fingerprint density at radius 1 is 1.10 bits per heavy atom. The third kappa shape index (κ3) is 4.69. The highest BCUT2D eigenvalue weighted by atomic mass is 19.1. The van der Waals surface area contributed by atoms with Gasteiger partial charge in [0.15, 0.2) is 0 Å². The van der Waals surface area contributed by atoms with Crippen LogP contribution in [0.2, 0.25) is 0 Å². The summed E-state index contributed by atoms with van der Waals surface area (Å²) in [7, 11) is 0. The lowest BCUT2D eigenvalue weighted by molar-refractivity contribution is 0.371. The van der Waals surface area contributed by atoms with E-state index in [1.807, 2.05) is 12.1 Å². The molecule has 2 rings (SSSR count). The van der Waals surface area contributed by atoms with Crippen LogP contribution in [0, 0.1) is 11.7 Å². The second-order valence-electron chi connectivity index (χ2n) is 6.43. The number of benzene rings is 1. The zero-order valence-electron chi connectivity index (χ0n) is 13.6. The molecule has 2 unspecified atom stereocenters. The molecule has 116 valence electrons. The minimum Gasteiger partial charge on any atom is -0.207 e. The largest absolute Gasteiger partial charge is 0.207 e. The van der Waals surface area contributed by atoms with Gasteiger partial charge in [0.1, 0.15) is 5.82 Å². The first-order chi connectivity index (χ1) is 10.2. The van der Waals surface area contributed by atoms with Crippen LogP contribution in [0.25, 0.3) is 0 Å². The standard InChI is InChI=1S/C20H29F/c1-3-8-17(4-2)20(15-16-9-6-5-7-10-16)18-11-13-19(21)14-12-18/h9,11-14,17,20H,3-8,10,15H2,1-2H3. The summed E-state index contributed by atoms with van der Waals surface area (Å²) in [5, 5.41) is 0. The van der Waals surface area contributed by atoms with E-state index in [0.717, 1.165) is 0 Å². The average Bonchev–Trinajstić information content (AvgIpc) is 2.53. The summed E-state index contributed by atoms with van der Waals surface area (Å²) < 4.78 is 13.2. The van der Waals surface area contributed by atoms with Gasteiger partial charge in [-0.25, -0.2) is 4.39 Å². The van der Waals surface area contributed by atoms with Crippen molar-refractivity contribution >= 4 is 0 Å². The Labute approximate surface area is 129 Å². The zero-order valence-corrected chi connectivity index (χ0v) is 13.6. The van der Waals surface area contributed by atoms with Gasteiger partial charge in [-0.3, -0.25) is 0 Å². The Morgan fingerprint density at radius 3 is 2.43 bits per heavy atom. The van der Waals surface area contributed by atoms with E-state index >= 15 is 0 Å². The van der Waals surface area contributed by atoms with Crippen LogP contribution in [-0.2, 0) is 0 Å². The molecule has 0 radical (unpaired) electrons. The van der Waals surface area contributed by atoms with Gasteiger partial charge in [-0.15, -0.1) is 0 Å². The molecule has 0 fully saturated rings. The van der Waals surface area contributed by atoms with Gasteiger partial charge in [0.05, 0.1) is 0 Å². The fourth-order valence-corrected chi connectivity index (χ4v) is 3.70. The van der Waals surface area contributed by atoms with Crippen molar-refractivity contribution in [1.29, 1.82) is 0 Å². The summed E-state index contributed by atoms with van der Waals surface area (Å²) in [5.41, 5.74) is 2.95. The predicted molar refractivity (Wildman–Crippen MR) is 89.0 cm³/mol. The van der Waals surface area contributed by atoms with Crippen LogP contribution in [0.4, 0.5) is 4.39 Å². The van der Waals surface area contributed by atoms with Crippen molar-refractivity contribution in [3.8, 4) is 0 Å². The van der Waals surface area contributed by atoms with Crippen molar-refractivity contribution in [1.82, 2.24) is 0 Å². The molecule has 1 aromatic carbocycles. The molecule has 0 heterocycles. The van der Waals surface area contributed by atoms with Gasteiger partial charge >= 0.3 is 0 Å². The molecule has 21 heavy (non-hydrogen) atoms. The van der Waals surface area contributed by atoms with Crippen LogP contribution in [-0.4, -0.2) is 0 Å². The Balaban J connectivity index is 2.19. The second-order valence-corrected chi connectivity index (χ2v) is 6.43. The number of rotatable bonds is 7.